The van der Waals surface area contributed by atoms with E-state index in [1.807, 2.05) is 31.2 Å². The van der Waals surface area contributed by atoms with Crippen LogP contribution in [0, 0.1) is 6.92 Å². The highest BCUT2D eigenvalue weighted by Gasteiger charge is 2.10. The maximum absolute atomic E-state index is 11.9. The van der Waals surface area contributed by atoms with Gasteiger partial charge in [-0.3, -0.25) is 4.79 Å². The van der Waals surface area contributed by atoms with Crippen LogP contribution in [0.5, 0.6) is 0 Å². The highest BCUT2D eigenvalue weighted by atomic mass is 79.9. The number of carbonyl (C=O) groups is 1. The lowest BCUT2D eigenvalue weighted by molar-refractivity contribution is 0.0957. The van der Waals surface area contributed by atoms with E-state index in [0.717, 1.165) is 27.1 Å². The fraction of sp³-hybridized carbons (Fsp3) is 0.267. The predicted molar refractivity (Wildman–Crippen MR) is 83.9 cm³/mol. The van der Waals surface area contributed by atoms with Gasteiger partial charge in [-0.2, -0.15) is 0 Å². The first kappa shape index (κ1) is 14.3. The molecule has 0 aliphatic rings. The van der Waals surface area contributed by atoms with Crippen molar-refractivity contribution in [3.8, 4) is 0 Å². The third-order valence-corrected chi connectivity index (χ3v) is 4.99. The van der Waals surface area contributed by atoms with E-state index in [1.54, 1.807) is 0 Å². The molecule has 0 spiro atoms. The molecule has 2 aromatic rings. The Kier molecular flexibility index (Phi) is 5.16. The molecule has 1 aromatic carbocycles. The zero-order valence-corrected chi connectivity index (χ0v) is 13.2. The number of hydrogen-bond donors (Lipinski definition) is 1. The summed E-state index contributed by atoms with van der Waals surface area (Å²) in [5, 5.41) is 2.96. The van der Waals surface area contributed by atoms with E-state index >= 15 is 0 Å². The minimum atomic E-state index is 0.0202. The van der Waals surface area contributed by atoms with Crippen molar-refractivity contribution in [3.63, 3.8) is 0 Å². The number of benzene rings is 1. The summed E-state index contributed by atoms with van der Waals surface area (Å²) in [6.07, 6.45) is 1.95. The summed E-state index contributed by atoms with van der Waals surface area (Å²) in [6.45, 7) is 2.70. The van der Waals surface area contributed by atoms with Crippen LogP contribution in [0.2, 0.25) is 0 Å². The molecule has 19 heavy (non-hydrogen) atoms. The maximum Gasteiger partial charge on any atom is 0.261 e. The van der Waals surface area contributed by atoms with Gasteiger partial charge in [-0.25, -0.2) is 0 Å². The molecule has 1 N–H and O–H groups in total. The van der Waals surface area contributed by atoms with E-state index in [4.69, 9.17) is 0 Å². The summed E-state index contributed by atoms with van der Waals surface area (Å²) < 4.78 is 1.03. The van der Waals surface area contributed by atoms with Gasteiger partial charge in [-0.1, -0.05) is 30.3 Å². The van der Waals surface area contributed by atoms with Crippen LogP contribution in [0.4, 0.5) is 0 Å². The number of halogens is 1. The molecule has 4 heteroatoms. The van der Waals surface area contributed by atoms with Crippen LogP contribution in [0.1, 0.15) is 27.2 Å². The molecule has 0 aliphatic carbocycles. The number of amides is 1. The first-order chi connectivity index (χ1) is 9.16. The lowest BCUT2D eigenvalue weighted by Gasteiger charge is -2.03. The molecule has 1 heterocycles. The number of carbonyl (C=O) groups excluding carboxylic acids is 1. The molecule has 2 nitrogen and oxygen atoms in total. The van der Waals surface area contributed by atoms with E-state index in [0.29, 0.717) is 6.54 Å². The van der Waals surface area contributed by atoms with E-state index in [9.17, 15) is 4.79 Å². The van der Waals surface area contributed by atoms with E-state index in [1.165, 1.54) is 16.9 Å². The van der Waals surface area contributed by atoms with Crippen LogP contribution < -0.4 is 5.32 Å². The van der Waals surface area contributed by atoms with Crippen LogP contribution in [0.3, 0.4) is 0 Å². The van der Waals surface area contributed by atoms with Gasteiger partial charge in [-0.05, 0) is 52.9 Å². The van der Waals surface area contributed by atoms with Crippen molar-refractivity contribution in [1.82, 2.24) is 5.32 Å². The van der Waals surface area contributed by atoms with E-state index in [-0.39, 0.29) is 5.91 Å². The van der Waals surface area contributed by atoms with Gasteiger partial charge < -0.3 is 5.32 Å². The normalized spacial score (nSPS) is 10.4. The molecule has 0 atom stereocenters. The van der Waals surface area contributed by atoms with Crippen molar-refractivity contribution in [3.05, 3.63) is 56.2 Å². The van der Waals surface area contributed by atoms with Crippen molar-refractivity contribution in [2.24, 2.45) is 0 Å². The number of thiophene rings is 1. The largest absolute Gasteiger partial charge is 0.351 e. The third kappa shape index (κ3) is 4.18. The second kappa shape index (κ2) is 6.87. The second-order valence-corrected chi connectivity index (χ2v) is 6.78. The molecule has 0 fully saturated rings. The average Bonchev–Trinajstić information content (AvgIpc) is 2.76. The van der Waals surface area contributed by atoms with Crippen LogP contribution in [-0.2, 0) is 6.42 Å². The molecule has 100 valence electrons. The summed E-state index contributed by atoms with van der Waals surface area (Å²) >= 11 is 4.92. The molecular weight excluding hydrogens is 322 g/mol. The molecule has 0 bridgehead atoms. The standard InChI is InChI=1S/C15H16BrNOS/c1-11-10-13(19-14(11)16)15(18)17-9-5-8-12-6-3-2-4-7-12/h2-4,6-7,10H,5,8-9H2,1H3,(H,17,18). The Labute approximate surface area is 126 Å². The smallest absolute Gasteiger partial charge is 0.261 e. The number of hydrogen-bond acceptors (Lipinski definition) is 2. The van der Waals surface area contributed by atoms with Gasteiger partial charge in [0.2, 0.25) is 0 Å². The summed E-state index contributed by atoms with van der Waals surface area (Å²) in [6, 6.07) is 12.2. The Bertz CT molecular complexity index is 531. The lowest BCUT2D eigenvalue weighted by Crippen LogP contribution is -2.23. The van der Waals surface area contributed by atoms with Crippen LogP contribution >= 0.6 is 27.3 Å². The van der Waals surface area contributed by atoms with Gasteiger partial charge in [0, 0.05) is 6.54 Å². The highest BCUT2D eigenvalue weighted by molar-refractivity contribution is 9.11. The molecule has 0 saturated heterocycles. The molecule has 1 amide bonds. The first-order valence-corrected chi connectivity index (χ1v) is 7.86. The Morgan fingerprint density at radius 1 is 1.32 bits per heavy atom. The SMILES string of the molecule is Cc1cc(C(=O)NCCCc2ccccc2)sc1Br. The van der Waals surface area contributed by atoms with Crippen molar-refractivity contribution in [2.45, 2.75) is 19.8 Å². The van der Waals surface area contributed by atoms with E-state index in [2.05, 4.69) is 33.4 Å². The quantitative estimate of drug-likeness (QED) is 0.814. The molecule has 0 radical (unpaired) electrons. The number of rotatable bonds is 5. The lowest BCUT2D eigenvalue weighted by atomic mass is 10.1. The van der Waals surface area contributed by atoms with Gasteiger partial charge in [0.15, 0.2) is 0 Å². The van der Waals surface area contributed by atoms with E-state index < -0.39 is 0 Å². The monoisotopic (exact) mass is 337 g/mol. The Hall–Kier alpha value is -1.13. The molecule has 0 unspecified atom stereocenters. The first-order valence-electron chi connectivity index (χ1n) is 6.25. The fourth-order valence-electron chi connectivity index (χ4n) is 1.80. The van der Waals surface area contributed by atoms with Crippen LogP contribution in [0.25, 0.3) is 0 Å². The third-order valence-electron chi connectivity index (χ3n) is 2.85. The molecular formula is C15H16BrNOS. The van der Waals surface area contributed by atoms with Crippen molar-refractivity contribution < 1.29 is 4.79 Å². The number of aryl methyl sites for hydroxylation is 2. The van der Waals surface area contributed by atoms with Crippen molar-refractivity contribution >= 4 is 33.2 Å². The van der Waals surface area contributed by atoms with Gasteiger partial charge >= 0.3 is 0 Å². The zero-order valence-electron chi connectivity index (χ0n) is 10.8. The Morgan fingerprint density at radius 3 is 2.68 bits per heavy atom. The summed E-state index contributed by atoms with van der Waals surface area (Å²) in [5.41, 5.74) is 2.42. The molecule has 0 aliphatic heterocycles. The van der Waals surface area contributed by atoms with Gasteiger partial charge in [0.1, 0.15) is 0 Å². The summed E-state index contributed by atoms with van der Waals surface area (Å²) in [7, 11) is 0. The van der Waals surface area contributed by atoms with Gasteiger partial charge in [0.05, 0.1) is 8.66 Å². The average molecular weight is 338 g/mol. The zero-order chi connectivity index (χ0) is 13.7. The number of nitrogens with one attached hydrogen (secondary N) is 1. The molecule has 2 rings (SSSR count). The van der Waals surface area contributed by atoms with Crippen LogP contribution in [0.15, 0.2) is 40.2 Å². The summed E-state index contributed by atoms with van der Waals surface area (Å²) in [5.74, 6) is 0.0202. The second-order valence-electron chi connectivity index (χ2n) is 4.41. The maximum atomic E-state index is 11.9. The van der Waals surface area contributed by atoms with Gasteiger partial charge in [-0.15, -0.1) is 11.3 Å². The topological polar surface area (TPSA) is 29.1 Å². The van der Waals surface area contributed by atoms with Crippen LogP contribution in [-0.4, -0.2) is 12.5 Å². The van der Waals surface area contributed by atoms with Crippen molar-refractivity contribution in [1.29, 1.82) is 0 Å². The Balaban J connectivity index is 1.75. The highest BCUT2D eigenvalue weighted by Crippen LogP contribution is 2.27. The van der Waals surface area contributed by atoms with Crippen molar-refractivity contribution in [2.75, 3.05) is 6.54 Å². The summed E-state index contributed by atoms with van der Waals surface area (Å²) in [4.78, 5) is 12.7. The molecule has 0 saturated carbocycles. The fourth-order valence-corrected chi connectivity index (χ4v) is 3.25. The Morgan fingerprint density at radius 2 is 2.05 bits per heavy atom. The predicted octanol–water partition coefficient (Wildman–Crippen LogP) is 4.18. The molecule has 1 aromatic heterocycles. The van der Waals surface area contributed by atoms with Gasteiger partial charge in [0.25, 0.3) is 5.91 Å². The minimum absolute atomic E-state index is 0.0202. The minimum Gasteiger partial charge on any atom is -0.351 e.